The lowest BCUT2D eigenvalue weighted by Gasteiger charge is -2.09. The van der Waals surface area contributed by atoms with Gasteiger partial charge in [-0.1, -0.05) is 18.6 Å². The van der Waals surface area contributed by atoms with E-state index < -0.39 is 4.92 Å². The number of fused-ring (bicyclic) bond motifs is 1. The molecule has 0 spiro atoms. The van der Waals surface area contributed by atoms with Gasteiger partial charge in [0, 0.05) is 19.0 Å². The van der Waals surface area contributed by atoms with Crippen LogP contribution in [0, 0.1) is 10.1 Å². The number of aromatic nitrogens is 3. The zero-order valence-electron chi connectivity index (χ0n) is 13.7. The molecule has 2 heterocycles. The van der Waals surface area contributed by atoms with Crippen LogP contribution in [0.3, 0.4) is 0 Å². The topological polar surface area (TPSA) is 112 Å². The van der Waals surface area contributed by atoms with E-state index in [1.165, 1.54) is 18.6 Å². The van der Waals surface area contributed by atoms with Crippen molar-refractivity contribution in [3.8, 4) is 5.75 Å². The maximum Gasteiger partial charge on any atom is 0.310 e. The van der Waals surface area contributed by atoms with E-state index in [9.17, 15) is 14.9 Å². The van der Waals surface area contributed by atoms with Gasteiger partial charge in [0.2, 0.25) is 0 Å². The van der Waals surface area contributed by atoms with Gasteiger partial charge in [-0.2, -0.15) is 0 Å². The predicted octanol–water partition coefficient (Wildman–Crippen LogP) is 1.61. The van der Waals surface area contributed by atoms with Crippen LogP contribution in [0.1, 0.15) is 30.9 Å². The highest BCUT2D eigenvalue weighted by molar-refractivity contribution is 5.77. The van der Waals surface area contributed by atoms with Crippen LogP contribution in [0.25, 0.3) is 0 Å². The molecule has 0 atom stereocenters. The van der Waals surface area contributed by atoms with Gasteiger partial charge in [-0.05, 0) is 18.9 Å². The van der Waals surface area contributed by atoms with E-state index >= 15 is 0 Å². The fourth-order valence-corrected chi connectivity index (χ4v) is 2.78. The first-order chi connectivity index (χ1) is 12.1. The molecule has 1 aliphatic rings. The molecule has 1 aromatic carbocycles. The van der Waals surface area contributed by atoms with Gasteiger partial charge in [-0.15, -0.1) is 10.2 Å². The molecule has 1 aliphatic heterocycles. The fraction of sp³-hybridized carbons (Fsp3) is 0.438. The van der Waals surface area contributed by atoms with Crippen molar-refractivity contribution in [1.29, 1.82) is 0 Å². The maximum atomic E-state index is 12.0. The van der Waals surface area contributed by atoms with E-state index in [2.05, 4.69) is 20.1 Å². The summed E-state index contributed by atoms with van der Waals surface area (Å²) in [5.74, 6) is 1.37. The molecular weight excluding hydrogens is 326 g/mol. The van der Waals surface area contributed by atoms with Crippen LogP contribution in [-0.4, -0.2) is 32.2 Å². The first-order valence-electron chi connectivity index (χ1n) is 8.19. The molecule has 3 rings (SSSR count). The van der Waals surface area contributed by atoms with E-state index in [0.29, 0.717) is 0 Å². The maximum absolute atomic E-state index is 12.0. The Labute approximate surface area is 144 Å². The lowest BCUT2D eigenvalue weighted by molar-refractivity contribution is -0.385. The molecule has 9 heteroatoms. The summed E-state index contributed by atoms with van der Waals surface area (Å²) >= 11 is 0. The normalized spacial score (nSPS) is 13.6. The van der Waals surface area contributed by atoms with Crippen LogP contribution in [0.5, 0.6) is 5.75 Å². The van der Waals surface area contributed by atoms with Crippen molar-refractivity contribution < 1.29 is 14.5 Å². The second-order valence-electron chi connectivity index (χ2n) is 5.78. The summed E-state index contributed by atoms with van der Waals surface area (Å²) in [6, 6.07) is 5.95. The molecule has 1 aromatic heterocycles. The molecule has 0 fully saturated rings. The zero-order valence-corrected chi connectivity index (χ0v) is 13.7. The van der Waals surface area contributed by atoms with Gasteiger partial charge in [0.15, 0.2) is 18.2 Å². The third kappa shape index (κ3) is 4.11. The second-order valence-corrected chi connectivity index (χ2v) is 5.78. The molecule has 1 amide bonds. The summed E-state index contributed by atoms with van der Waals surface area (Å²) in [5, 5.41) is 21.9. The number of benzene rings is 1. The summed E-state index contributed by atoms with van der Waals surface area (Å²) in [6.07, 6.45) is 4.25. The van der Waals surface area contributed by atoms with Crippen LogP contribution in [0.15, 0.2) is 24.3 Å². The van der Waals surface area contributed by atoms with Crippen LogP contribution in [-0.2, 0) is 24.3 Å². The molecule has 0 aliphatic carbocycles. The Bertz CT molecular complexity index is 774. The van der Waals surface area contributed by atoms with Crippen LogP contribution in [0.4, 0.5) is 5.69 Å². The first kappa shape index (κ1) is 16.9. The molecule has 132 valence electrons. The summed E-state index contributed by atoms with van der Waals surface area (Å²) in [5.41, 5.74) is -0.168. The number of nitrogens with zero attached hydrogens (tertiary/aromatic N) is 4. The van der Waals surface area contributed by atoms with Crippen molar-refractivity contribution in [2.75, 3.05) is 6.61 Å². The SMILES string of the molecule is O=C(COc1ccccc1[N+](=O)[O-])NCc1nnc2n1CCCCC2. The molecular formula is C16H19N5O4. The van der Waals surface area contributed by atoms with E-state index in [0.717, 1.165) is 37.5 Å². The van der Waals surface area contributed by atoms with E-state index in [-0.39, 0.29) is 30.5 Å². The van der Waals surface area contributed by atoms with E-state index in [4.69, 9.17) is 4.74 Å². The van der Waals surface area contributed by atoms with Crippen LogP contribution >= 0.6 is 0 Å². The average molecular weight is 345 g/mol. The van der Waals surface area contributed by atoms with Crippen molar-refractivity contribution in [3.05, 3.63) is 46.0 Å². The molecule has 2 aromatic rings. The number of carbonyl (C=O) groups is 1. The van der Waals surface area contributed by atoms with Gasteiger partial charge in [0.1, 0.15) is 5.82 Å². The summed E-state index contributed by atoms with van der Waals surface area (Å²) in [7, 11) is 0. The Morgan fingerprint density at radius 2 is 2.12 bits per heavy atom. The lowest BCUT2D eigenvalue weighted by atomic mass is 10.2. The van der Waals surface area contributed by atoms with E-state index in [1.54, 1.807) is 12.1 Å². The Kier molecular flexibility index (Phi) is 5.22. The van der Waals surface area contributed by atoms with Crippen LogP contribution < -0.4 is 10.1 Å². The second kappa shape index (κ2) is 7.73. The fourth-order valence-electron chi connectivity index (χ4n) is 2.78. The minimum atomic E-state index is -0.543. The average Bonchev–Trinajstić information content (AvgIpc) is 2.84. The Morgan fingerprint density at radius 1 is 1.28 bits per heavy atom. The molecule has 25 heavy (non-hydrogen) atoms. The minimum Gasteiger partial charge on any atom is -0.477 e. The number of nitrogens with one attached hydrogen (secondary N) is 1. The third-order valence-electron chi connectivity index (χ3n) is 4.05. The number of para-hydroxylation sites is 2. The third-order valence-corrected chi connectivity index (χ3v) is 4.05. The molecule has 9 nitrogen and oxygen atoms in total. The summed E-state index contributed by atoms with van der Waals surface area (Å²) in [6.45, 7) is 0.818. The van der Waals surface area contributed by atoms with Crippen LogP contribution in [0.2, 0.25) is 0 Å². The molecule has 0 saturated carbocycles. The van der Waals surface area contributed by atoms with Gasteiger partial charge < -0.3 is 14.6 Å². The molecule has 1 N–H and O–H groups in total. The van der Waals surface area contributed by atoms with E-state index in [1.807, 2.05) is 0 Å². The van der Waals surface area contributed by atoms with Crippen molar-refractivity contribution in [3.63, 3.8) is 0 Å². The Morgan fingerprint density at radius 3 is 2.96 bits per heavy atom. The quantitative estimate of drug-likeness (QED) is 0.629. The Balaban J connectivity index is 1.54. The number of amides is 1. The first-order valence-corrected chi connectivity index (χ1v) is 8.19. The van der Waals surface area contributed by atoms with Crippen molar-refractivity contribution in [2.45, 2.75) is 38.8 Å². The summed E-state index contributed by atoms with van der Waals surface area (Å²) < 4.78 is 7.32. The minimum absolute atomic E-state index is 0.0685. The largest absolute Gasteiger partial charge is 0.477 e. The molecule has 0 saturated heterocycles. The molecule has 0 unspecified atom stereocenters. The van der Waals surface area contributed by atoms with Crippen molar-refractivity contribution in [1.82, 2.24) is 20.1 Å². The number of carbonyl (C=O) groups excluding carboxylic acids is 1. The number of hydrogen-bond acceptors (Lipinski definition) is 6. The van der Waals surface area contributed by atoms with Crippen molar-refractivity contribution in [2.24, 2.45) is 0 Å². The highest BCUT2D eigenvalue weighted by Gasteiger charge is 2.17. The summed E-state index contributed by atoms with van der Waals surface area (Å²) in [4.78, 5) is 22.3. The standard InChI is InChI=1S/C16H19N5O4/c22-16(11-25-13-7-4-3-6-12(13)21(23)24)17-10-15-19-18-14-8-2-1-5-9-20(14)15/h3-4,6-7H,1-2,5,8-11H2,(H,17,22). The Hall–Kier alpha value is -2.97. The number of aryl methyl sites for hydroxylation is 1. The van der Waals surface area contributed by atoms with Gasteiger partial charge >= 0.3 is 5.69 Å². The lowest BCUT2D eigenvalue weighted by Crippen LogP contribution is -2.29. The van der Waals surface area contributed by atoms with Gasteiger partial charge in [-0.3, -0.25) is 14.9 Å². The van der Waals surface area contributed by atoms with Gasteiger partial charge in [0.25, 0.3) is 5.91 Å². The molecule has 0 bridgehead atoms. The van der Waals surface area contributed by atoms with Crippen molar-refractivity contribution >= 4 is 11.6 Å². The highest BCUT2D eigenvalue weighted by atomic mass is 16.6. The van der Waals surface area contributed by atoms with Gasteiger partial charge in [-0.25, -0.2) is 0 Å². The number of hydrogen-bond donors (Lipinski definition) is 1. The van der Waals surface area contributed by atoms with Gasteiger partial charge in [0.05, 0.1) is 11.5 Å². The predicted molar refractivity (Wildman–Crippen MR) is 88.0 cm³/mol. The number of ether oxygens (including phenoxy) is 1. The number of nitro groups is 1. The number of rotatable bonds is 6. The highest BCUT2D eigenvalue weighted by Crippen LogP contribution is 2.25. The molecule has 0 radical (unpaired) electrons. The number of nitro benzene ring substituents is 1. The zero-order chi connectivity index (χ0) is 17.6. The smallest absolute Gasteiger partial charge is 0.310 e. The monoisotopic (exact) mass is 345 g/mol.